The summed E-state index contributed by atoms with van der Waals surface area (Å²) < 4.78 is 5.31. The number of aryl methyl sites for hydroxylation is 2. The molecule has 0 radical (unpaired) electrons. The minimum Gasteiger partial charge on any atom is -0.467 e. The van der Waals surface area contributed by atoms with Gasteiger partial charge in [0.25, 0.3) is 5.91 Å². The third-order valence-corrected chi connectivity index (χ3v) is 4.95. The lowest BCUT2D eigenvalue weighted by Crippen LogP contribution is -2.23. The number of hydrogen-bond donors (Lipinski definition) is 1. The summed E-state index contributed by atoms with van der Waals surface area (Å²) in [6.45, 7) is 4.50. The lowest BCUT2D eigenvalue weighted by atomic mass is 10.0. The number of carbonyl (C=O) groups is 1. The highest BCUT2D eigenvalue weighted by atomic mass is 16.3. The number of amides is 1. The van der Waals surface area contributed by atoms with Crippen molar-refractivity contribution in [3.8, 4) is 11.3 Å². The summed E-state index contributed by atoms with van der Waals surface area (Å²) in [6, 6.07) is 19.8. The molecule has 0 fully saturated rings. The predicted molar refractivity (Wildman–Crippen MR) is 111 cm³/mol. The largest absolute Gasteiger partial charge is 0.467 e. The molecule has 4 heteroatoms. The molecule has 1 N–H and O–H groups in total. The first-order valence-electron chi connectivity index (χ1n) is 9.46. The molecule has 4 rings (SSSR count). The van der Waals surface area contributed by atoms with E-state index in [0.717, 1.165) is 39.9 Å². The van der Waals surface area contributed by atoms with Gasteiger partial charge in [-0.25, -0.2) is 4.98 Å². The number of hydrogen-bond acceptors (Lipinski definition) is 3. The fraction of sp³-hybridized carbons (Fsp3) is 0.167. The minimum atomic E-state index is -0.138. The van der Waals surface area contributed by atoms with E-state index < -0.39 is 0 Å². The van der Waals surface area contributed by atoms with E-state index in [1.807, 2.05) is 43.3 Å². The van der Waals surface area contributed by atoms with Crippen LogP contribution < -0.4 is 5.32 Å². The molecular formula is C24H22N2O2. The van der Waals surface area contributed by atoms with Crippen molar-refractivity contribution in [1.29, 1.82) is 0 Å². The van der Waals surface area contributed by atoms with Gasteiger partial charge in [-0.2, -0.15) is 0 Å². The predicted octanol–water partition coefficient (Wildman–Crippen LogP) is 5.30. The van der Waals surface area contributed by atoms with Crippen LogP contribution in [0, 0.1) is 6.92 Å². The van der Waals surface area contributed by atoms with Crippen LogP contribution in [0.1, 0.15) is 34.2 Å². The Morgan fingerprint density at radius 3 is 2.61 bits per heavy atom. The van der Waals surface area contributed by atoms with Crippen LogP contribution in [0.15, 0.2) is 71.3 Å². The Labute approximate surface area is 164 Å². The normalized spacial score (nSPS) is 10.9. The van der Waals surface area contributed by atoms with E-state index >= 15 is 0 Å². The van der Waals surface area contributed by atoms with Crippen LogP contribution in [0.3, 0.4) is 0 Å². The Hall–Kier alpha value is -3.40. The minimum absolute atomic E-state index is 0.138. The van der Waals surface area contributed by atoms with Crippen LogP contribution in [-0.2, 0) is 13.0 Å². The monoisotopic (exact) mass is 370 g/mol. The Morgan fingerprint density at radius 2 is 1.89 bits per heavy atom. The maximum Gasteiger partial charge on any atom is 0.252 e. The molecule has 1 amide bonds. The van der Waals surface area contributed by atoms with Gasteiger partial charge in [0.1, 0.15) is 5.76 Å². The molecule has 0 aliphatic carbocycles. The van der Waals surface area contributed by atoms with Crippen LogP contribution in [0.4, 0.5) is 0 Å². The molecule has 0 saturated carbocycles. The summed E-state index contributed by atoms with van der Waals surface area (Å²) in [4.78, 5) is 17.8. The Bertz CT molecular complexity index is 1110. The van der Waals surface area contributed by atoms with Gasteiger partial charge in [0.15, 0.2) is 0 Å². The third kappa shape index (κ3) is 3.54. The lowest BCUT2D eigenvalue weighted by Gasteiger charge is -2.12. The maximum absolute atomic E-state index is 13.0. The molecule has 4 aromatic rings. The van der Waals surface area contributed by atoms with Crippen molar-refractivity contribution in [1.82, 2.24) is 10.3 Å². The van der Waals surface area contributed by atoms with Gasteiger partial charge in [-0.3, -0.25) is 4.79 Å². The second-order valence-corrected chi connectivity index (χ2v) is 6.84. The summed E-state index contributed by atoms with van der Waals surface area (Å²) in [5, 5.41) is 3.80. The second kappa shape index (κ2) is 7.69. The van der Waals surface area contributed by atoms with Gasteiger partial charge in [0.05, 0.1) is 29.6 Å². The molecule has 2 aromatic heterocycles. The maximum atomic E-state index is 13.0. The van der Waals surface area contributed by atoms with E-state index in [1.165, 1.54) is 5.56 Å². The van der Waals surface area contributed by atoms with Gasteiger partial charge in [-0.15, -0.1) is 0 Å². The van der Waals surface area contributed by atoms with Crippen LogP contribution in [-0.4, -0.2) is 10.9 Å². The van der Waals surface area contributed by atoms with Crippen molar-refractivity contribution in [3.05, 3.63) is 89.4 Å². The van der Waals surface area contributed by atoms with Gasteiger partial charge < -0.3 is 9.73 Å². The average molecular weight is 370 g/mol. The molecule has 2 heterocycles. The van der Waals surface area contributed by atoms with Crippen molar-refractivity contribution in [2.45, 2.75) is 26.8 Å². The fourth-order valence-corrected chi connectivity index (χ4v) is 3.31. The summed E-state index contributed by atoms with van der Waals surface area (Å²) in [6.07, 6.45) is 2.59. The zero-order valence-electron chi connectivity index (χ0n) is 16.0. The molecule has 0 aliphatic heterocycles. The Morgan fingerprint density at radius 1 is 1.07 bits per heavy atom. The van der Waals surface area contributed by atoms with E-state index in [-0.39, 0.29) is 5.91 Å². The second-order valence-electron chi connectivity index (χ2n) is 6.84. The summed E-state index contributed by atoms with van der Waals surface area (Å²) in [5.41, 5.74) is 5.59. The number of nitrogens with one attached hydrogen (secondary N) is 1. The van der Waals surface area contributed by atoms with E-state index in [9.17, 15) is 4.79 Å². The summed E-state index contributed by atoms with van der Waals surface area (Å²) in [7, 11) is 0. The SMILES string of the molecule is CCc1ccc(-c2cc(C(=O)NCc3ccco3)c3cccc(C)c3n2)cc1. The highest BCUT2D eigenvalue weighted by Gasteiger charge is 2.15. The van der Waals surface area contributed by atoms with E-state index in [1.54, 1.807) is 6.26 Å². The van der Waals surface area contributed by atoms with Crippen LogP contribution >= 0.6 is 0 Å². The van der Waals surface area contributed by atoms with Crippen molar-refractivity contribution in [2.24, 2.45) is 0 Å². The quantitative estimate of drug-likeness (QED) is 0.519. The number of aromatic nitrogens is 1. The van der Waals surface area contributed by atoms with Crippen molar-refractivity contribution < 1.29 is 9.21 Å². The molecule has 140 valence electrons. The summed E-state index contributed by atoms with van der Waals surface area (Å²) in [5.74, 6) is 0.582. The van der Waals surface area contributed by atoms with Gasteiger partial charge in [-0.1, -0.05) is 49.4 Å². The standard InChI is InChI=1S/C24H22N2O2/c1-3-17-9-11-18(12-10-17)22-14-21(20-8-4-6-16(2)23(20)26-22)24(27)25-15-19-7-5-13-28-19/h4-14H,3,15H2,1-2H3,(H,25,27). The molecular weight excluding hydrogens is 348 g/mol. The number of nitrogens with zero attached hydrogens (tertiary/aromatic N) is 1. The Balaban J connectivity index is 1.77. The van der Waals surface area contributed by atoms with Crippen molar-refractivity contribution in [3.63, 3.8) is 0 Å². The number of benzene rings is 2. The molecule has 28 heavy (non-hydrogen) atoms. The van der Waals surface area contributed by atoms with E-state index in [4.69, 9.17) is 9.40 Å². The highest BCUT2D eigenvalue weighted by molar-refractivity contribution is 6.07. The molecule has 0 bridgehead atoms. The Kier molecular flexibility index (Phi) is 4.94. The molecule has 0 spiro atoms. The molecule has 0 aliphatic rings. The first-order valence-corrected chi connectivity index (χ1v) is 9.46. The van der Waals surface area contributed by atoms with E-state index in [2.05, 4.69) is 36.5 Å². The topological polar surface area (TPSA) is 55.1 Å². The van der Waals surface area contributed by atoms with Gasteiger partial charge in [0.2, 0.25) is 0 Å². The van der Waals surface area contributed by atoms with Gasteiger partial charge >= 0.3 is 0 Å². The average Bonchev–Trinajstić information content (AvgIpc) is 3.25. The van der Waals surface area contributed by atoms with Gasteiger partial charge in [-0.05, 0) is 42.7 Å². The molecule has 4 nitrogen and oxygen atoms in total. The van der Waals surface area contributed by atoms with Crippen LogP contribution in [0.5, 0.6) is 0 Å². The van der Waals surface area contributed by atoms with Gasteiger partial charge in [0, 0.05) is 10.9 Å². The molecule has 0 unspecified atom stereocenters. The lowest BCUT2D eigenvalue weighted by molar-refractivity contribution is 0.0949. The first-order chi connectivity index (χ1) is 13.7. The first kappa shape index (κ1) is 18.0. The molecule has 0 atom stereocenters. The summed E-state index contributed by atoms with van der Waals surface area (Å²) >= 11 is 0. The third-order valence-electron chi connectivity index (χ3n) is 4.95. The highest BCUT2D eigenvalue weighted by Crippen LogP contribution is 2.27. The smallest absolute Gasteiger partial charge is 0.252 e. The number of pyridine rings is 1. The number of furan rings is 1. The zero-order chi connectivity index (χ0) is 19.5. The fourth-order valence-electron chi connectivity index (χ4n) is 3.31. The number of para-hydroxylation sites is 1. The number of carbonyl (C=O) groups excluding carboxylic acids is 1. The van der Waals surface area contributed by atoms with Crippen LogP contribution in [0.25, 0.3) is 22.2 Å². The number of fused-ring (bicyclic) bond motifs is 1. The van der Waals surface area contributed by atoms with Crippen LogP contribution in [0.2, 0.25) is 0 Å². The van der Waals surface area contributed by atoms with E-state index in [0.29, 0.717) is 12.1 Å². The molecule has 2 aromatic carbocycles. The van der Waals surface area contributed by atoms with Crippen molar-refractivity contribution >= 4 is 16.8 Å². The number of rotatable bonds is 5. The molecule has 0 saturated heterocycles. The van der Waals surface area contributed by atoms with Crippen molar-refractivity contribution in [2.75, 3.05) is 0 Å². The zero-order valence-corrected chi connectivity index (χ0v) is 16.0.